The molecule has 0 radical (unpaired) electrons. The van der Waals surface area contributed by atoms with E-state index in [1.165, 1.54) is 0 Å². The number of halogens is 4. The Morgan fingerprint density at radius 3 is 2.25 bits per heavy atom. The molecule has 0 aliphatic heterocycles. The largest absolute Gasteiger partial charge is 0.319 e. The molecular weight excluding hydrogens is 294 g/mol. The van der Waals surface area contributed by atoms with Crippen molar-refractivity contribution in [2.45, 2.75) is 4.90 Å². The topological polar surface area (TPSA) is 29.1 Å². The van der Waals surface area contributed by atoms with Gasteiger partial charge >= 0.3 is 0 Å². The number of hydrogen-bond acceptors (Lipinski definition) is 2. The maximum atomic E-state index is 13.4. The van der Waals surface area contributed by atoms with E-state index in [0.29, 0.717) is 6.07 Å². The standard InChI is InChI=1S/C13H7F4NOS/c14-7-2-1-6(5-10(7)20)13(19)18-9-4-3-8(15)11(16)12(9)17/h1-5,20H,(H,18,19). The van der Waals surface area contributed by atoms with Crippen LogP contribution in [0.1, 0.15) is 10.4 Å². The third-order valence-corrected chi connectivity index (χ3v) is 2.83. The highest BCUT2D eigenvalue weighted by Gasteiger charge is 2.16. The molecule has 20 heavy (non-hydrogen) atoms. The van der Waals surface area contributed by atoms with Crippen molar-refractivity contribution in [3.05, 3.63) is 59.2 Å². The lowest BCUT2D eigenvalue weighted by Gasteiger charge is -2.08. The summed E-state index contributed by atoms with van der Waals surface area (Å²) in [6, 6.07) is 4.87. The van der Waals surface area contributed by atoms with E-state index >= 15 is 0 Å². The quantitative estimate of drug-likeness (QED) is 0.493. The Labute approximate surface area is 116 Å². The van der Waals surface area contributed by atoms with Crippen molar-refractivity contribution in [1.82, 2.24) is 0 Å². The highest BCUT2D eigenvalue weighted by Crippen LogP contribution is 2.21. The first-order valence-corrected chi connectivity index (χ1v) is 5.78. The van der Waals surface area contributed by atoms with E-state index in [9.17, 15) is 22.4 Å². The van der Waals surface area contributed by atoms with Gasteiger partial charge in [-0.1, -0.05) is 0 Å². The summed E-state index contributed by atoms with van der Waals surface area (Å²) in [5.74, 6) is -5.97. The van der Waals surface area contributed by atoms with Gasteiger partial charge in [0.15, 0.2) is 17.5 Å². The second kappa shape index (κ2) is 5.54. The van der Waals surface area contributed by atoms with Gasteiger partial charge in [-0.2, -0.15) is 0 Å². The molecule has 2 aromatic rings. The van der Waals surface area contributed by atoms with Crippen LogP contribution in [-0.4, -0.2) is 5.91 Å². The van der Waals surface area contributed by atoms with Gasteiger partial charge in [-0.05, 0) is 30.3 Å². The average molecular weight is 301 g/mol. The van der Waals surface area contributed by atoms with Crippen LogP contribution in [0.15, 0.2) is 35.2 Å². The fraction of sp³-hybridized carbons (Fsp3) is 0. The van der Waals surface area contributed by atoms with Crippen molar-refractivity contribution in [2.75, 3.05) is 5.32 Å². The molecule has 0 atom stereocenters. The molecule has 0 heterocycles. The lowest BCUT2D eigenvalue weighted by atomic mass is 10.2. The Hall–Kier alpha value is -2.02. The second-order valence-electron chi connectivity index (χ2n) is 3.84. The summed E-state index contributed by atoms with van der Waals surface area (Å²) in [5.41, 5.74) is -0.514. The Morgan fingerprint density at radius 1 is 0.950 bits per heavy atom. The highest BCUT2D eigenvalue weighted by atomic mass is 32.1. The molecular formula is C13H7F4NOS. The van der Waals surface area contributed by atoms with Crippen LogP contribution in [0.3, 0.4) is 0 Å². The molecule has 104 valence electrons. The third-order valence-electron chi connectivity index (χ3n) is 2.49. The number of carbonyl (C=O) groups is 1. The van der Waals surface area contributed by atoms with E-state index in [1.807, 2.05) is 0 Å². The average Bonchev–Trinajstić information content (AvgIpc) is 2.42. The van der Waals surface area contributed by atoms with E-state index in [1.54, 1.807) is 0 Å². The lowest BCUT2D eigenvalue weighted by Crippen LogP contribution is -2.14. The van der Waals surface area contributed by atoms with E-state index < -0.39 is 34.9 Å². The Morgan fingerprint density at radius 2 is 1.60 bits per heavy atom. The van der Waals surface area contributed by atoms with E-state index in [2.05, 4.69) is 17.9 Å². The molecule has 0 unspecified atom stereocenters. The third kappa shape index (κ3) is 2.77. The summed E-state index contributed by atoms with van der Waals surface area (Å²) < 4.78 is 52.1. The van der Waals surface area contributed by atoms with Crippen molar-refractivity contribution in [3.8, 4) is 0 Å². The Balaban J connectivity index is 2.28. The summed E-state index contributed by atoms with van der Waals surface area (Å²) in [5, 5.41) is 2.06. The zero-order valence-corrected chi connectivity index (χ0v) is 10.6. The number of carbonyl (C=O) groups excluding carboxylic acids is 1. The fourth-order valence-electron chi connectivity index (χ4n) is 1.47. The predicted octanol–water partition coefficient (Wildman–Crippen LogP) is 3.78. The molecule has 1 N–H and O–H groups in total. The van der Waals surface area contributed by atoms with Gasteiger partial charge in [0.1, 0.15) is 5.82 Å². The van der Waals surface area contributed by atoms with Gasteiger partial charge in [-0.15, -0.1) is 12.6 Å². The molecule has 0 saturated heterocycles. The van der Waals surface area contributed by atoms with Crippen molar-refractivity contribution in [2.24, 2.45) is 0 Å². The molecule has 0 saturated carbocycles. The maximum absolute atomic E-state index is 13.4. The predicted molar refractivity (Wildman–Crippen MR) is 67.9 cm³/mol. The molecule has 2 rings (SSSR count). The van der Waals surface area contributed by atoms with Crippen LogP contribution in [0.4, 0.5) is 23.2 Å². The van der Waals surface area contributed by atoms with Crippen LogP contribution in [0.2, 0.25) is 0 Å². The Kier molecular flexibility index (Phi) is 3.99. The van der Waals surface area contributed by atoms with E-state index in [-0.39, 0.29) is 10.5 Å². The van der Waals surface area contributed by atoms with Crippen molar-refractivity contribution < 1.29 is 22.4 Å². The number of benzene rings is 2. The molecule has 0 aliphatic rings. The monoisotopic (exact) mass is 301 g/mol. The first-order valence-electron chi connectivity index (χ1n) is 5.33. The first-order chi connectivity index (χ1) is 9.40. The Bertz CT molecular complexity index is 690. The van der Waals surface area contributed by atoms with Crippen LogP contribution in [-0.2, 0) is 0 Å². The zero-order chi connectivity index (χ0) is 14.9. The molecule has 0 aromatic heterocycles. The minimum Gasteiger partial charge on any atom is -0.319 e. The van der Waals surface area contributed by atoms with Crippen LogP contribution in [0, 0.1) is 23.3 Å². The van der Waals surface area contributed by atoms with Gasteiger partial charge < -0.3 is 5.32 Å². The fourth-order valence-corrected chi connectivity index (χ4v) is 1.68. The van der Waals surface area contributed by atoms with Gasteiger partial charge in [-0.3, -0.25) is 4.79 Å². The van der Waals surface area contributed by atoms with Crippen LogP contribution in [0.25, 0.3) is 0 Å². The van der Waals surface area contributed by atoms with Crippen LogP contribution >= 0.6 is 12.6 Å². The minimum atomic E-state index is -1.68. The molecule has 2 nitrogen and oxygen atoms in total. The molecule has 0 bridgehead atoms. The second-order valence-corrected chi connectivity index (χ2v) is 4.33. The number of hydrogen-bond donors (Lipinski definition) is 2. The number of thiol groups is 1. The molecule has 0 fully saturated rings. The minimum absolute atomic E-state index is 0.000494. The smallest absolute Gasteiger partial charge is 0.255 e. The SMILES string of the molecule is O=C(Nc1ccc(F)c(F)c1F)c1ccc(F)c(S)c1. The number of anilines is 1. The van der Waals surface area contributed by atoms with E-state index in [0.717, 1.165) is 24.3 Å². The molecule has 0 aliphatic carbocycles. The van der Waals surface area contributed by atoms with Gasteiger partial charge in [0.2, 0.25) is 0 Å². The van der Waals surface area contributed by atoms with Crippen molar-refractivity contribution in [1.29, 1.82) is 0 Å². The number of nitrogens with one attached hydrogen (secondary N) is 1. The molecule has 2 aromatic carbocycles. The highest BCUT2D eigenvalue weighted by molar-refractivity contribution is 7.80. The molecule has 1 amide bonds. The summed E-state index contributed by atoms with van der Waals surface area (Å²) in [6.07, 6.45) is 0. The van der Waals surface area contributed by atoms with Crippen LogP contribution in [0.5, 0.6) is 0 Å². The van der Waals surface area contributed by atoms with E-state index in [4.69, 9.17) is 0 Å². The van der Waals surface area contributed by atoms with Gasteiger partial charge in [-0.25, -0.2) is 17.6 Å². The van der Waals surface area contributed by atoms with Gasteiger partial charge in [0.25, 0.3) is 5.91 Å². The van der Waals surface area contributed by atoms with Crippen LogP contribution < -0.4 is 5.32 Å². The number of amides is 1. The van der Waals surface area contributed by atoms with Crippen molar-refractivity contribution in [3.63, 3.8) is 0 Å². The summed E-state index contributed by atoms with van der Waals surface area (Å²) >= 11 is 3.80. The first kappa shape index (κ1) is 14.4. The summed E-state index contributed by atoms with van der Waals surface area (Å²) in [4.78, 5) is 11.7. The van der Waals surface area contributed by atoms with Gasteiger partial charge in [0.05, 0.1) is 5.69 Å². The summed E-state index contributed by atoms with van der Waals surface area (Å²) in [6.45, 7) is 0. The molecule has 0 spiro atoms. The lowest BCUT2D eigenvalue weighted by molar-refractivity contribution is 0.102. The number of rotatable bonds is 2. The summed E-state index contributed by atoms with van der Waals surface area (Å²) in [7, 11) is 0. The zero-order valence-electron chi connectivity index (χ0n) is 9.75. The normalized spacial score (nSPS) is 10.4. The maximum Gasteiger partial charge on any atom is 0.255 e. The van der Waals surface area contributed by atoms with Gasteiger partial charge in [0, 0.05) is 10.5 Å². The van der Waals surface area contributed by atoms with Crippen molar-refractivity contribution >= 4 is 24.2 Å². The molecule has 7 heteroatoms.